The van der Waals surface area contributed by atoms with Crippen molar-refractivity contribution in [2.24, 2.45) is 30.4 Å². The lowest BCUT2D eigenvalue weighted by Crippen LogP contribution is -2.10. The first-order valence-corrected chi connectivity index (χ1v) is 17.7. The molecule has 0 radical (unpaired) electrons. The van der Waals surface area contributed by atoms with Gasteiger partial charge in [-0.05, 0) is 120 Å². The van der Waals surface area contributed by atoms with E-state index in [1.807, 2.05) is 0 Å². The molecule has 6 aromatic carbocycles. The summed E-state index contributed by atoms with van der Waals surface area (Å²) in [4.78, 5) is 55.6. The molecule has 0 fully saturated rings. The van der Waals surface area contributed by atoms with Crippen molar-refractivity contribution in [3.05, 3.63) is 178 Å². The van der Waals surface area contributed by atoms with Gasteiger partial charge in [0.05, 0.1) is 45.0 Å². The summed E-state index contributed by atoms with van der Waals surface area (Å²) in [6.45, 7) is 0. The number of carboxylic acid groups (broad SMARTS) is 4. The highest BCUT2D eigenvalue weighted by atomic mass is 16.4. The first-order chi connectivity index (χ1) is 28.8. The summed E-state index contributed by atoms with van der Waals surface area (Å²) < 4.78 is 0. The largest absolute Gasteiger partial charge is 0.507 e. The number of aromatic hydroxyl groups is 2. The normalized spacial score (nSPS) is 12.6. The van der Waals surface area contributed by atoms with E-state index in [4.69, 9.17) is 20.2 Å². The molecule has 0 aliphatic carbocycles. The predicted octanol–water partition coefficient (Wildman–Crippen LogP) is 9.74. The topological polar surface area (TPSA) is 264 Å². The average Bonchev–Trinajstić information content (AvgIpc) is 3.25. The van der Waals surface area contributed by atoms with Gasteiger partial charge in [-0.2, -0.15) is 20.5 Å². The molecule has 0 bridgehead atoms. The van der Waals surface area contributed by atoms with Crippen LogP contribution in [0.5, 0.6) is 11.5 Å². The number of rotatable bonds is 15. The number of hydrogen-bond acceptors (Lipinski definition) is 12. The van der Waals surface area contributed by atoms with Crippen molar-refractivity contribution in [2.45, 2.75) is 12.1 Å². The second-order valence-electron chi connectivity index (χ2n) is 12.9. The van der Waals surface area contributed by atoms with Crippen LogP contribution in [0.15, 0.2) is 164 Å². The van der Waals surface area contributed by atoms with Crippen molar-refractivity contribution in [1.82, 2.24) is 0 Å². The molecule has 0 aromatic heterocycles. The summed E-state index contributed by atoms with van der Waals surface area (Å²) in [6.07, 6.45) is 2.75. The number of hydrogen-bond donors (Lipinski definition) is 6. The number of phenolic OH excluding ortho intramolecular Hbond substituents is 2. The highest BCUT2D eigenvalue weighted by Crippen LogP contribution is 2.37. The van der Waals surface area contributed by atoms with Crippen molar-refractivity contribution in [2.75, 3.05) is 0 Å². The van der Waals surface area contributed by atoms with Crippen molar-refractivity contribution < 1.29 is 49.8 Å². The molecule has 2 atom stereocenters. The number of azo groups is 2. The zero-order chi connectivity index (χ0) is 42.8. The second-order valence-corrected chi connectivity index (χ2v) is 12.9. The van der Waals surface area contributed by atoms with Gasteiger partial charge < -0.3 is 30.6 Å². The zero-order valence-electron chi connectivity index (χ0n) is 31.0. The minimum atomic E-state index is -1.15. The number of carboxylic acids is 4. The fraction of sp³-hybridized carbons (Fsp3) is 0.0455. The van der Waals surface area contributed by atoms with Gasteiger partial charge in [-0.3, -0.25) is 9.98 Å². The van der Waals surface area contributed by atoms with E-state index in [9.17, 15) is 39.6 Å². The Hall–Kier alpha value is -8.66. The van der Waals surface area contributed by atoms with E-state index in [2.05, 4.69) is 20.5 Å². The minimum Gasteiger partial charge on any atom is -0.507 e. The molecule has 0 saturated heterocycles. The molecule has 6 aromatic rings. The van der Waals surface area contributed by atoms with Gasteiger partial charge in [-0.15, -0.1) is 0 Å². The van der Waals surface area contributed by atoms with Crippen molar-refractivity contribution in [3.8, 4) is 11.5 Å². The zero-order valence-corrected chi connectivity index (χ0v) is 31.0. The Morgan fingerprint density at radius 3 is 0.950 bits per heavy atom. The quantitative estimate of drug-likeness (QED) is 0.0422. The Morgan fingerprint density at radius 1 is 0.383 bits per heavy atom. The molecular weight excluding hydrogens is 773 g/mol. The molecule has 16 nitrogen and oxygen atoms in total. The summed E-state index contributed by atoms with van der Waals surface area (Å²) in [7, 11) is 0. The third-order valence-electron chi connectivity index (χ3n) is 8.86. The Kier molecular flexibility index (Phi) is 12.7. The van der Waals surface area contributed by atoms with Crippen LogP contribution in [0.25, 0.3) is 0 Å². The molecule has 0 aliphatic heterocycles. The lowest BCUT2D eigenvalue weighted by Gasteiger charge is -2.22. The van der Waals surface area contributed by atoms with E-state index in [0.717, 1.165) is 0 Å². The van der Waals surface area contributed by atoms with E-state index in [-0.39, 0.29) is 44.9 Å². The monoisotopic (exact) mass is 804 g/mol. The maximum absolute atomic E-state index is 11.7. The average molecular weight is 805 g/mol. The summed E-state index contributed by atoms with van der Waals surface area (Å²) in [5, 5.41) is 75.9. The molecular formula is C44H32N6O10. The molecule has 6 rings (SSSR count). The number of benzene rings is 6. The van der Waals surface area contributed by atoms with Gasteiger partial charge in [0.1, 0.15) is 23.6 Å². The number of carbonyl (C=O) groups is 4. The minimum absolute atomic E-state index is 0.00868. The molecule has 0 heterocycles. The van der Waals surface area contributed by atoms with E-state index >= 15 is 0 Å². The standard InChI is InChI=1S/C44H32N6O10/c51-37-19-17-35(49-47-33-13-9-29(10-14-33)43(57)58)21-31(37)23-45-39(25-1-5-27(6-2-25)41(53)54)40(26-3-7-28(8-4-26)42(55)56)46-24-32-22-36(18-20-38(32)52)50-48-34-15-11-30(12-16-34)44(59)60/h1-24,39-40,51-52H,(H,53,54)(H,55,56)(H,57,58)(H,59,60)/t39-,40-/m0/s1. The maximum Gasteiger partial charge on any atom is 0.335 e. The lowest BCUT2D eigenvalue weighted by molar-refractivity contribution is 0.0686. The van der Waals surface area contributed by atoms with Crippen LogP contribution in [0, 0.1) is 0 Å². The van der Waals surface area contributed by atoms with Crippen LogP contribution < -0.4 is 0 Å². The number of phenols is 2. The smallest absolute Gasteiger partial charge is 0.335 e. The summed E-state index contributed by atoms with van der Waals surface area (Å²) in [5.41, 5.74) is 3.01. The SMILES string of the molecule is O=C(O)c1ccc(N=Nc2ccc(O)c(C=N[C@@H](c3ccc(C(=O)O)cc3)[C@@H](N=Cc3cc(N=Nc4ccc(C(=O)O)cc4)ccc3O)c3ccc(C(=O)O)cc3)c2)cc1. The summed E-state index contributed by atoms with van der Waals surface area (Å²) in [5.74, 6) is -4.81. The third kappa shape index (κ3) is 10.4. The van der Waals surface area contributed by atoms with E-state index in [1.165, 1.54) is 122 Å². The molecule has 60 heavy (non-hydrogen) atoms. The molecule has 0 unspecified atom stereocenters. The molecule has 0 amide bonds. The van der Waals surface area contributed by atoms with Crippen LogP contribution in [0.4, 0.5) is 22.7 Å². The van der Waals surface area contributed by atoms with E-state index in [1.54, 1.807) is 24.3 Å². The van der Waals surface area contributed by atoms with Crippen LogP contribution in [0.2, 0.25) is 0 Å². The highest BCUT2D eigenvalue weighted by molar-refractivity contribution is 5.90. The predicted molar refractivity (Wildman–Crippen MR) is 219 cm³/mol. The molecule has 0 saturated carbocycles. The number of aromatic carboxylic acids is 4. The highest BCUT2D eigenvalue weighted by Gasteiger charge is 2.25. The van der Waals surface area contributed by atoms with Gasteiger partial charge >= 0.3 is 23.9 Å². The summed E-state index contributed by atoms with van der Waals surface area (Å²) >= 11 is 0. The van der Waals surface area contributed by atoms with Crippen LogP contribution >= 0.6 is 0 Å². The second kappa shape index (κ2) is 18.5. The van der Waals surface area contributed by atoms with Crippen molar-refractivity contribution in [3.63, 3.8) is 0 Å². The lowest BCUT2D eigenvalue weighted by atomic mass is 9.92. The Bertz CT molecular complexity index is 2490. The van der Waals surface area contributed by atoms with Crippen LogP contribution in [-0.4, -0.2) is 66.9 Å². The Morgan fingerprint density at radius 2 is 0.650 bits per heavy atom. The number of nitrogens with zero attached hydrogens (tertiary/aromatic N) is 6. The van der Waals surface area contributed by atoms with Gasteiger partial charge in [-0.25, -0.2) is 19.2 Å². The fourth-order valence-electron chi connectivity index (χ4n) is 5.65. The third-order valence-corrected chi connectivity index (χ3v) is 8.86. The Labute approximate surface area is 340 Å². The molecule has 0 spiro atoms. The number of aliphatic imine (C=N–C) groups is 2. The van der Waals surface area contributed by atoms with Gasteiger partial charge in [0.15, 0.2) is 0 Å². The van der Waals surface area contributed by atoms with Gasteiger partial charge in [-0.1, -0.05) is 24.3 Å². The molecule has 6 N–H and O–H groups in total. The summed E-state index contributed by atoms with van der Waals surface area (Å²) in [6, 6.07) is 30.2. The van der Waals surface area contributed by atoms with Gasteiger partial charge in [0.2, 0.25) is 0 Å². The van der Waals surface area contributed by atoms with Crippen LogP contribution in [-0.2, 0) is 0 Å². The van der Waals surface area contributed by atoms with E-state index < -0.39 is 36.0 Å². The first-order valence-electron chi connectivity index (χ1n) is 17.7. The van der Waals surface area contributed by atoms with Gasteiger partial charge in [0.25, 0.3) is 0 Å². The first kappa shape index (κ1) is 41.0. The van der Waals surface area contributed by atoms with Crippen molar-refractivity contribution >= 4 is 59.1 Å². The molecule has 298 valence electrons. The van der Waals surface area contributed by atoms with Crippen LogP contribution in [0.3, 0.4) is 0 Å². The Balaban J connectivity index is 1.39. The maximum atomic E-state index is 11.7. The molecule has 0 aliphatic rings. The molecule has 16 heteroatoms. The van der Waals surface area contributed by atoms with E-state index in [0.29, 0.717) is 33.9 Å². The van der Waals surface area contributed by atoms with Crippen LogP contribution in [0.1, 0.15) is 75.8 Å². The van der Waals surface area contributed by atoms with Crippen molar-refractivity contribution in [1.29, 1.82) is 0 Å². The fourth-order valence-corrected chi connectivity index (χ4v) is 5.65. The van der Waals surface area contributed by atoms with Gasteiger partial charge in [0, 0.05) is 23.6 Å².